The Morgan fingerprint density at radius 2 is 2.12 bits per heavy atom. The fourth-order valence-electron chi connectivity index (χ4n) is 3.24. The summed E-state index contributed by atoms with van der Waals surface area (Å²) in [6.07, 6.45) is 8.17. The van der Waals surface area contributed by atoms with Gasteiger partial charge in [0.15, 0.2) is 0 Å². The zero-order valence-corrected chi connectivity index (χ0v) is 10.1. The van der Waals surface area contributed by atoms with Gasteiger partial charge in [0.1, 0.15) is 0 Å². The molecule has 1 fully saturated rings. The van der Waals surface area contributed by atoms with Crippen LogP contribution >= 0.6 is 0 Å². The van der Waals surface area contributed by atoms with Crippen LogP contribution in [0.5, 0.6) is 0 Å². The molecule has 0 spiro atoms. The van der Waals surface area contributed by atoms with Crippen LogP contribution in [0.2, 0.25) is 0 Å². The molecule has 0 aromatic heterocycles. The zero-order chi connectivity index (χ0) is 11.7. The van der Waals surface area contributed by atoms with Crippen LogP contribution in [-0.4, -0.2) is 11.1 Å². The van der Waals surface area contributed by atoms with Gasteiger partial charge in [-0.2, -0.15) is 0 Å². The van der Waals surface area contributed by atoms with Crippen molar-refractivity contribution in [2.45, 2.75) is 46.0 Å². The summed E-state index contributed by atoms with van der Waals surface area (Å²) in [4.78, 5) is 10.9. The minimum Gasteiger partial charge on any atom is -0.478 e. The lowest BCUT2D eigenvalue weighted by Gasteiger charge is -2.28. The van der Waals surface area contributed by atoms with Crippen molar-refractivity contribution < 1.29 is 9.90 Å². The van der Waals surface area contributed by atoms with Gasteiger partial charge in [-0.25, -0.2) is 4.79 Å². The molecule has 1 N–H and O–H groups in total. The van der Waals surface area contributed by atoms with Crippen LogP contribution in [-0.2, 0) is 4.79 Å². The fourth-order valence-corrected chi connectivity index (χ4v) is 3.24. The number of carbonyl (C=O) groups is 1. The smallest absolute Gasteiger partial charge is 0.330 e. The maximum absolute atomic E-state index is 10.9. The molecule has 0 bridgehead atoms. The topological polar surface area (TPSA) is 37.3 Å². The predicted molar refractivity (Wildman–Crippen MR) is 64.2 cm³/mol. The van der Waals surface area contributed by atoms with E-state index in [0.717, 1.165) is 12.3 Å². The lowest BCUT2D eigenvalue weighted by Crippen LogP contribution is -2.16. The second-order valence-electron chi connectivity index (χ2n) is 5.16. The van der Waals surface area contributed by atoms with Crippen LogP contribution in [0.1, 0.15) is 46.0 Å². The summed E-state index contributed by atoms with van der Waals surface area (Å²) < 4.78 is 0. The lowest BCUT2D eigenvalue weighted by molar-refractivity contribution is -0.132. The average molecular weight is 220 g/mol. The van der Waals surface area contributed by atoms with E-state index in [2.05, 4.69) is 6.92 Å². The van der Waals surface area contributed by atoms with E-state index in [1.807, 2.05) is 6.08 Å². The van der Waals surface area contributed by atoms with Gasteiger partial charge in [-0.1, -0.05) is 23.6 Å². The molecule has 2 rings (SSSR count). The van der Waals surface area contributed by atoms with Gasteiger partial charge in [0.2, 0.25) is 0 Å². The number of hydrogen-bond donors (Lipinski definition) is 1. The molecule has 2 aliphatic carbocycles. The first kappa shape index (κ1) is 11.4. The Bertz CT molecular complexity index is 363. The van der Waals surface area contributed by atoms with Crippen molar-refractivity contribution in [2.24, 2.45) is 11.8 Å². The summed E-state index contributed by atoms with van der Waals surface area (Å²) in [7, 11) is 0. The van der Waals surface area contributed by atoms with Crippen molar-refractivity contribution in [3.63, 3.8) is 0 Å². The van der Waals surface area contributed by atoms with Gasteiger partial charge in [0.25, 0.3) is 0 Å². The van der Waals surface area contributed by atoms with Gasteiger partial charge in [-0.15, -0.1) is 0 Å². The molecule has 0 saturated heterocycles. The van der Waals surface area contributed by atoms with Crippen molar-refractivity contribution >= 4 is 5.97 Å². The minimum atomic E-state index is -0.779. The van der Waals surface area contributed by atoms with Crippen LogP contribution < -0.4 is 0 Å². The van der Waals surface area contributed by atoms with E-state index in [0.29, 0.717) is 11.5 Å². The highest BCUT2D eigenvalue weighted by Crippen LogP contribution is 2.45. The molecular weight excluding hydrogens is 200 g/mol. The number of allylic oxidation sites excluding steroid dienone is 3. The third-order valence-electron chi connectivity index (χ3n) is 4.06. The second-order valence-corrected chi connectivity index (χ2v) is 5.16. The Morgan fingerprint density at radius 1 is 1.38 bits per heavy atom. The molecule has 2 nitrogen and oxygen atoms in total. The summed E-state index contributed by atoms with van der Waals surface area (Å²) in [5.74, 6) is 0.368. The van der Waals surface area contributed by atoms with Crippen molar-refractivity contribution in [1.29, 1.82) is 0 Å². The summed E-state index contributed by atoms with van der Waals surface area (Å²) >= 11 is 0. The first-order valence-electron chi connectivity index (χ1n) is 6.21. The third kappa shape index (κ3) is 2.06. The highest BCUT2D eigenvalue weighted by molar-refractivity contribution is 5.85. The summed E-state index contributed by atoms with van der Waals surface area (Å²) in [5, 5.41) is 8.93. The number of carboxylic acid groups (broad SMARTS) is 1. The Morgan fingerprint density at radius 3 is 2.81 bits per heavy atom. The van der Waals surface area contributed by atoms with Crippen LogP contribution in [0.25, 0.3) is 0 Å². The summed E-state index contributed by atoms with van der Waals surface area (Å²) in [5.41, 5.74) is 3.58. The first-order chi connectivity index (χ1) is 7.59. The predicted octanol–water partition coefficient (Wildman–Crippen LogP) is 3.54. The molecule has 0 radical (unpaired) electrons. The maximum Gasteiger partial charge on any atom is 0.330 e. The van der Waals surface area contributed by atoms with Crippen molar-refractivity contribution in [3.8, 4) is 0 Å². The summed E-state index contributed by atoms with van der Waals surface area (Å²) in [6, 6.07) is 0. The van der Waals surface area contributed by atoms with E-state index in [1.54, 1.807) is 12.5 Å². The largest absolute Gasteiger partial charge is 0.478 e. The second kappa shape index (κ2) is 4.44. The van der Waals surface area contributed by atoms with E-state index >= 15 is 0 Å². The molecule has 2 aliphatic rings. The molecule has 16 heavy (non-hydrogen) atoms. The molecule has 0 heterocycles. The Labute approximate surface area is 97.0 Å². The molecule has 0 aromatic carbocycles. The Kier molecular flexibility index (Phi) is 3.17. The van der Waals surface area contributed by atoms with E-state index in [9.17, 15) is 4.79 Å². The molecule has 1 saturated carbocycles. The Hall–Kier alpha value is -1.05. The summed E-state index contributed by atoms with van der Waals surface area (Å²) in [6.45, 7) is 3.92. The maximum atomic E-state index is 10.9. The standard InChI is InChI=1S/C14H20O2/c1-9-6-7-11-4-3-5-12(13(9)11)8-10(2)14(15)16/h8,11-12H,3-7H2,1-2H3,(H,15,16)/b10-8+. The van der Waals surface area contributed by atoms with Gasteiger partial charge < -0.3 is 5.11 Å². The van der Waals surface area contributed by atoms with E-state index < -0.39 is 5.97 Å². The van der Waals surface area contributed by atoms with Crippen molar-refractivity contribution in [2.75, 3.05) is 0 Å². The SMILES string of the molecule is CC1=C2C(/C=C(\C)C(=O)O)CCCC2CC1. The lowest BCUT2D eigenvalue weighted by atomic mass is 9.77. The number of rotatable bonds is 2. The zero-order valence-electron chi connectivity index (χ0n) is 10.1. The number of aliphatic carboxylic acids is 1. The first-order valence-corrected chi connectivity index (χ1v) is 6.21. The average Bonchev–Trinajstić information content (AvgIpc) is 2.61. The molecular formula is C14H20O2. The quantitative estimate of drug-likeness (QED) is 0.571. The molecule has 0 aliphatic heterocycles. The van der Waals surface area contributed by atoms with Gasteiger partial charge in [-0.3, -0.25) is 0 Å². The van der Waals surface area contributed by atoms with Crippen LogP contribution in [0.15, 0.2) is 22.8 Å². The number of fused-ring (bicyclic) bond motifs is 1. The molecule has 2 unspecified atom stereocenters. The highest BCUT2D eigenvalue weighted by Gasteiger charge is 2.31. The van der Waals surface area contributed by atoms with E-state index in [4.69, 9.17) is 5.11 Å². The van der Waals surface area contributed by atoms with Crippen LogP contribution in [0.4, 0.5) is 0 Å². The monoisotopic (exact) mass is 220 g/mol. The van der Waals surface area contributed by atoms with Crippen molar-refractivity contribution in [3.05, 3.63) is 22.8 Å². The molecule has 88 valence electrons. The molecule has 2 atom stereocenters. The minimum absolute atomic E-state index is 0.400. The van der Waals surface area contributed by atoms with Gasteiger partial charge in [-0.05, 0) is 51.4 Å². The molecule has 0 aromatic rings. The molecule has 0 amide bonds. The van der Waals surface area contributed by atoms with Crippen molar-refractivity contribution in [1.82, 2.24) is 0 Å². The van der Waals surface area contributed by atoms with E-state index in [-0.39, 0.29) is 0 Å². The normalized spacial score (nSPS) is 30.5. The highest BCUT2D eigenvalue weighted by atomic mass is 16.4. The van der Waals surface area contributed by atoms with E-state index in [1.165, 1.54) is 31.3 Å². The fraction of sp³-hybridized carbons (Fsp3) is 0.643. The van der Waals surface area contributed by atoms with Gasteiger partial charge in [0, 0.05) is 5.57 Å². The molecule has 2 heteroatoms. The van der Waals surface area contributed by atoms with Crippen LogP contribution in [0, 0.1) is 11.8 Å². The van der Waals surface area contributed by atoms with Crippen LogP contribution in [0.3, 0.4) is 0 Å². The van der Waals surface area contributed by atoms with Gasteiger partial charge in [0.05, 0.1) is 0 Å². The third-order valence-corrected chi connectivity index (χ3v) is 4.06. The van der Waals surface area contributed by atoms with Gasteiger partial charge >= 0.3 is 5.97 Å². The number of hydrogen-bond acceptors (Lipinski definition) is 1. The Balaban J connectivity index is 2.24. The number of carboxylic acids is 1.